The van der Waals surface area contributed by atoms with Gasteiger partial charge >= 0.3 is 6.18 Å². The molecule has 0 radical (unpaired) electrons. The van der Waals surface area contributed by atoms with Crippen LogP contribution in [-0.2, 0) is 13.2 Å². The maximum atomic E-state index is 13.7. The van der Waals surface area contributed by atoms with E-state index >= 15 is 0 Å². The molecule has 5 rings (SSSR count). The van der Waals surface area contributed by atoms with E-state index in [0.29, 0.717) is 49.9 Å². The van der Waals surface area contributed by atoms with Crippen LogP contribution in [0.5, 0.6) is 0 Å². The van der Waals surface area contributed by atoms with E-state index in [2.05, 4.69) is 20.2 Å². The van der Waals surface area contributed by atoms with Crippen molar-refractivity contribution in [2.24, 2.45) is 7.05 Å². The summed E-state index contributed by atoms with van der Waals surface area (Å²) in [6.07, 6.45) is -2.04. The number of anilines is 1. The highest BCUT2D eigenvalue weighted by molar-refractivity contribution is 6.00. The van der Waals surface area contributed by atoms with Gasteiger partial charge in [-0.1, -0.05) is 24.3 Å². The Morgan fingerprint density at radius 2 is 1.71 bits per heavy atom. The van der Waals surface area contributed by atoms with E-state index in [1.807, 2.05) is 37.4 Å². The van der Waals surface area contributed by atoms with Gasteiger partial charge in [0.05, 0.1) is 16.8 Å². The molecule has 0 N–H and O–H groups in total. The van der Waals surface area contributed by atoms with Crippen molar-refractivity contribution in [2.75, 3.05) is 25.0 Å². The number of aromatic nitrogens is 4. The standard InChI is InChI=1S/C26H24F4N6O.ClH/c1-34(25(37)20-15-16(27)7-8-21(20)26(28,29)30)17-10-13-36(14-11-17)24-19-6-4-3-5-18(19)23(32-33-24)22-9-12-31-35(22)2;/h3-9,12,15,17H,10-11,13-14H2,1-2H3;1H. The summed E-state index contributed by atoms with van der Waals surface area (Å²) >= 11 is 0. The van der Waals surface area contributed by atoms with E-state index in [1.165, 1.54) is 11.9 Å². The van der Waals surface area contributed by atoms with Crippen molar-refractivity contribution < 1.29 is 22.4 Å². The first kappa shape index (κ1) is 27.3. The lowest BCUT2D eigenvalue weighted by Crippen LogP contribution is -2.46. The quantitative estimate of drug-likeness (QED) is 0.322. The number of hydrogen-bond donors (Lipinski definition) is 0. The summed E-state index contributed by atoms with van der Waals surface area (Å²) in [6.45, 7) is 1.06. The highest BCUT2D eigenvalue weighted by atomic mass is 35.5. The Hall–Kier alpha value is -3.73. The summed E-state index contributed by atoms with van der Waals surface area (Å²) in [6, 6.07) is 11.4. The predicted octanol–water partition coefficient (Wildman–Crippen LogP) is 5.35. The predicted molar refractivity (Wildman–Crippen MR) is 138 cm³/mol. The fourth-order valence-electron chi connectivity index (χ4n) is 4.88. The molecule has 1 amide bonds. The minimum absolute atomic E-state index is 0. The van der Waals surface area contributed by atoms with Gasteiger partial charge in [-0.05, 0) is 37.1 Å². The van der Waals surface area contributed by atoms with Crippen molar-refractivity contribution in [3.63, 3.8) is 0 Å². The Labute approximate surface area is 222 Å². The number of piperidine rings is 1. The zero-order valence-corrected chi connectivity index (χ0v) is 21.4. The maximum Gasteiger partial charge on any atom is 0.417 e. The summed E-state index contributed by atoms with van der Waals surface area (Å²) < 4.78 is 55.8. The fourth-order valence-corrected chi connectivity index (χ4v) is 4.88. The monoisotopic (exact) mass is 548 g/mol. The molecule has 1 fully saturated rings. The van der Waals surface area contributed by atoms with Crippen molar-refractivity contribution in [3.05, 3.63) is 71.7 Å². The molecular formula is C26H25ClF4N6O. The average molecular weight is 549 g/mol. The van der Waals surface area contributed by atoms with Crippen LogP contribution in [0.1, 0.15) is 28.8 Å². The molecule has 0 aliphatic carbocycles. The van der Waals surface area contributed by atoms with Gasteiger partial charge in [-0.25, -0.2) is 4.39 Å². The van der Waals surface area contributed by atoms with E-state index in [-0.39, 0.29) is 18.4 Å². The van der Waals surface area contributed by atoms with Crippen LogP contribution < -0.4 is 4.90 Å². The second-order valence-corrected chi connectivity index (χ2v) is 9.08. The summed E-state index contributed by atoms with van der Waals surface area (Å²) in [7, 11) is 3.30. The Kier molecular flexibility index (Phi) is 7.59. The number of rotatable bonds is 4. The number of amides is 1. The Morgan fingerprint density at radius 3 is 2.34 bits per heavy atom. The molecular weight excluding hydrogens is 524 g/mol. The lowest BCUT2D eigenvalue weighted by Gasteiger charge is -2.37. The third-order valence-corrected chi connectivity index (χ3v) is 6.88. The minimum Gasteiger partial charge on any atom is -0.354 e. The molecule has 0 atom stereocenters. The first-order valence-electron chi connectivity index (χ1n) is 11.8. The summed E-state index contributed by atoms with van der Waals surface area (Å²) in [4.78, 5) is 16.3. The average Bonchev–Trinajstić information content (AvgIpc) is 3.32. The minimum atomic E-state index is -4.76. The number of halogens is 5. The van der Waals surface area contributed by atoms with E-state index in [1.54, 1.807) is 10.9 Å². The molecule has 0 spiro atoms. The molecule has 1 aliphatic heterocycles. The van der Waals surface area contributed by atoms with Gasteiger partial charge in [-0.2, -0.15) is 18.3 Å². The molecule has 200 valence electrons. The van der Waals surface area contributed by atoms with Crippen LogP contribution >= 0.6 is 12.4 Å². The van der Waals surface area contributed by atoms with E-state index in [9.17, 15) is 22.4 Å². The number of nitrogens with zero attached hydrogens (tertiary/aromatic N) is 6. The van der Waals surface area contributed by atoms with Gasteiger partial charge in [0.1, 0.15) is 11.5 Å². The molecule has 2 aromatic heterocycles. The van der Waals surface area contributed by atoms with Crippen LogP contribution in [0.2, 0.25) is 0 Å². The summed E-state index contributed by atoms with van der Waals surface area (Å²) in [5.41, 5.74) is -0.265. The van der Waals surface area contributed by atoms with Gasteiger partial charge < -0.3 is 9.80 Å². The maximum absolute atomic E-state index is 13.7. The van der Waals surface area contributed by atoms with Crippen molar-refractivity contribution >= 4 is 34.9 Å². The van der Waals surface area contributed by atoms with Crippen LogP contribution in [0.25, 0.3) is 22.2 Å². The van der Waals surface area contributed by atoms with Crippen molar-refractivity contribution in [1.82, 2.24) is 24.9 Å². The summed E-state index contributed by atoms with van der Waals surface area (Å²) in [5, 5.41) is 15.1. The van der Waals surface area contributed by atoms with Gasteiger partial charge in [-0.15, -0.1) is 22.6 Å². The van der Waals surface area contributed by atoms with Crippen LogP contribution in [0.15, 0.2) is 54.7 Å². The summed E-state index contributed by atoms with van der Waals surface area (Å²) in [5.74, 6) is -1.03. The third kappa shape index (κ3) is 5.02. The molecule has 1 aliphatic rings. The zero-order chi connectivity index (χ0) is 26.3. The number of hydrogen-bond acceptors (Lipinski definition) is 5. The number of carbonyl (C=O) groups excluding carboxylic acids is 1. The topological polar surface area (TPSA) is 67.2 Å². The highest BCUT2D eigenvalue weighted by Gasteiger charge is 2.37. The number of aryl methyl sites for hydroxylation is 1. The van der Waals surface area contributed by atoms with Crippen molar-refractivity contribution in [3.8, 4) is 11.4 Å². The number of carbonyl (C=O) groups is 1. The normalized spacial score (nSPS) is 14.4. The second-order valence-electron chi connectivity index (χ2n) is 9.08. The molecule has 0 bridgehead atoms. The fraction of sp³-hybridized carbons (Fsp3) is 0.308. The lowest BCUT2D eigenvalue weighted by molar-refractivity contribution is -0.138. The Balaban J connectivity index is 0.00000336. The molecule has 3 heterocycles. The Morgan fingerprint density at radius 1 is 1.03 bits per heavy atom. The van der Waals surface area contributed by atoms with Gasteiger partial charge in [-0.3, -0.25) is 9.48 Å². The van der Waals surface area contributed by atoms with Crippen molar-refractivity contribution in [2.45, 2.75) is 25.1 Å². The Bertz CT molecular complexity index is 1470. The van der Waals surface area contributed by atoms with Gasteiger partial charge in [0.25, 0.3) is 5.91 Å². The van der Waals surface area contributed by atoms with Crippen LogP contribution in [0.4, 0.5) is 23.4 Å². The molecule has 0 saturated carbocycles. The molecule has 38 heavy (non-hydrogen) atoms. The van der Waals surface area contributed by atoms with Gasteiger partial charge in [0.2, 0.25) is 0 Å². The van der Waals surface area contributed by atoms with Crippen LogP contribution in [0.3, 0.4) is 0 Å². The molecule has 4 aromatic rings. The first-order chi connectivity index (χ1) is 17.6. The third-order valence-electron chi connectivity index (χ3n) is 6.88. The molecule has 2 aromatic carbocycles. The van der Waals surface area contributed by atoms with E-state index < -0.39 is 29.0 Å². The van der Waals surface area contributed by atoms with E-state index in [4.69, 9.17) is 0 Å². The first-order valence-corrected chi connectivity index (χ1v) is 11.8. The van der Waals surface area contributed by atoms with Crippen LogP contribution in [0, 0.1) is 5.82 Å². The molecule has 7 nitrogen and oxygen atoms in total. The largest absolute Gasteiger partial charge is 0.417 e. The smallest absolute Gasteiger partial charge is 0.354 e. The molecule has 1 saturated heterocycles. The van der Waals surface area contributed by atoms with Crippen LogP contribution in [-0.4, -0.2) is 57.0 Å². The van der Waals surface area contributed by atoms with Gasteiger partial charge in [0, 0.05) is 50.2 Å². The number of alkyl halides is 3. The zero-order valence-electron chi connectivity index (χ0n) is 20.6. The highest BCUT2D eigenvalue weighted by Crippen LogP contribution is 2.35. The van der Waals surface area contributed by atoms with E-state index in [0.717, 1.165) is 22.2 Å². The second kappa shape index (κ2) is 10.6. The van der Waals surface area contributed by atoms with Gasteiger partial charge in [0.15, 0.2) is 5.82 Å². The van der Waals surface area contributed by atoms with Crippen molar-refractivity contribution in [1.29, 1.82) is 0 Å². The number of fused-ring (bicyclic) bond motifs is 1. The molecule has 0 unspecified atom stereocenters. The molecule has 12 heteroatoms. The SMILES string of the molecule is CN(C(=O)c1cc(F)ccc1C(F)(F)F)C1CCN(c2nnc(-c3ccnn3C)c3ccccc23)CC1.Cl. The lowest BCUT2D eigenvalue weighted by atomic mass is 10.00. The number of benzene rings is 2.